The van der Waals surface area contributed by atoms with Crippen molar-refractivity contribution < 1.29 is 14.3 Å². The first kappa shape index (κ1) is 19.1. The van der Waals surface area contributed by atoms with Crippen molar-refractivity contribution in [3.8, 4) is 11.8 Å². The molecule has 2 aromatic carbocycles. The number of hydrogen-bond acceptors (Lipinski definition) is 5. The normalized spacial score (nSPS) is 18.8. The predicted molar refractivity (Wildman–Crippen MR) is 109 cm³/mol. The number of benzene rings is 2. The summed E-state index contributed by atoms with van der Waals surface area (Å²) in [5.74, 6) is 0.621. The predicted octanol–water partition coefficient (Wildman–Crippen LogP) is 4.73. The van der Waals surface area contributed by atoms with Crippen LogP contribution in [0.25, 0.3) is 0 Å². The molecule has 29 heavy (non-hydrogen) atoms. The Balaban J connectivity index is 1.73. The van der Waals surface area contributed by atoms with Gasteiger partial charge in [0.1, 0.15) is 29.8 Å². The van der Waals surface area contributed by atoms with Gasteiger partial charge in [0, 0.05) is 29.0 Å². The summed E-state index contributed by atoms with van der Waals surface area (Å²) >= 11 is 5.94. The lowest BCUT2D eigenvalue weighted by atomic mass is 9.77. The van der Waals surface area contributed by atoms with E-state index in [1.54, 1.807) is 12.1 Å². The minimum Gasteiger partial charge on any atom is -0.489 e. The smallest absolute Gasteiger partial charge is 0.205 e. The molecule has 4 rings (SSSR count). The molecule has 0 fully saturated rings. The third-order valence-corrected chi connectivity index (χ3v) is 5.39. The number of nitrogens with zero attached hydrogens (tertiary/aromatic N) is 1. The summed E-state index contributed by atoms with van der Waals surface area (Å²) in [5, 5.41) is 10.4. The van der Waals surface area contributed by atoms with Crippen LogP contribution in [0.5, 0.6) is 5.75 Å². The van der Waals surface area contributed by atoms with E-state index in [-0.39, 0.29) is 17.2 Å². The molecule has 0 saturated heterocycles. The Kier molecular flexibility index (Phi) is 5.28. The van der Waals surface area contributed by atoms with Gasteiger partial charge in [-0.25, -0.2) is 0 Å². The average molecular weight is 407 g/mol. The SMILES string of the molecule is N#CC1=C(N)OC2=C(C(=O)CCC2)[C@H]1c1ccccc1OCc1ccc(Cl)cc1. The summed E-state index contributed by atoms with van der Waals surface area (Å²) in [6.45, 7) is 0.332. The molecule has 6 heteroatoms. The van der Waals surface area contributed by atoms with E-state index in [2.05, 4.69) is 6.07 Å². The Morgan fingerprint density at radius 3 is 2.69 bits per heavy atom. The summed E-state index contributed by atoms with van der Waals surface area (Å²) < 4.78 is 11.7. The van der Waals surface area contributed by atoms with E-state index in [1.165, 1.54) is 0 Å². The van der Waals surface area contributed by atoms with Gasteiger partial charge >= 0.3 is 0 Å². The minimum absolute atomic E-state index is 0.0102. The largest absolute Gasteiger partial charge is 0.489 e. The number of carbonyl (C=O) groups is 1. The van der Waals surface area contributed by atoms with Crippen molar-refractivity contribution in [3.63, 3.8) is 0 Å². The molecule has 0 saturated carbocycles. The van der Waals surface area contributed by atoms with Crippen LogP contribution in [0.4, 0.5) is 0 Å². The van der Waals surface area contributed by atoms with E-state index < -0.39 is 5.92 Å². The Bertz CT molecular complexity index is 1060. The minimum atomic E-state index is -0.585. The number of para-hydroxylation sites is 1. The molecule has 2 aliphatic rings. The maximum atomic E-state index is 12.7. The second-order valence-corrected chi connectivity index (χ2v) is 7.43. The van der Waals surface area contributed by atoms with Crippen LogP contribution in [0.2, 0.25) is 5.02 Å². The zero-order chi connectivity index (χ0) is 20.4. The van der Waals surface area contributed by atoms with Gasteiger partial charge in [0.15, 0.2) is 5.78 Å². The standard InChI is InChI=1S/C23H19ClN2O3/c24-15-10-8-14(9-11-15)13-28-19-6-2-1-4-16(19)21-17(12-25)23(26)29-20-7-3-5-18(27)22(20)21/h1-2,4,6,8-11,21H,3,5,7,13,26H2/t21-/m0/s1. The topological polar surface area (TPSA) is 85.3 Å². The zero-order valence-corrected chi connectivity index (χ0v) is 16.4. The summed E-state index contributed by atoms with van der Waals surface area (Å²) in [7, 11) is 0. The first-order chi connectivity index (χ1) is 14.1. The number of nitriles is 1. The molecule has 2 aromatic rings. The number of ketones is 1. The third kappa shape index (κ3) is 3.72. The molecule has 1 aliphatic heterocycles. The lowest BCUT2D eigenvalue weighted by Gasteiger charge is -2.31. The van der Waals surface area contributed by atoms with Crippen LogP contribution in [-0.4, -0.2) is 5.78 Å². The van der Waals surface area contributed by atoms with Crippen molar-refractivity contribution in [2.24, 2.45) is 5.73 Å². The maximum Gasteiger partial charge on any atom is 0.205 e. The molecule has 0 aromatic heterocycles. The van der Waals surface area contributed by atoms with E-state index in [0.29, 0.717) is 48.0 Å². The number of nitrogens with two attached hydrogens (primary N) is 1. The number of ether oxygens (including phenoxy) is 2. The van der Waals surface area contributed by atoms with Crippen LogP contribution in [0.1, 0.15) is 36.3 Å². The number of halogens is 1. The van der Waals surface area contributed by atoms with E-state index in [9.17, 15) is 10.1 Å². The lowest BCUT2D eigenvalue weighted by molar-refractivity contribution is -0.116. The van der Waals surface area contributed by atoms with E-state index >= 15 is 0 Å². The van der Waals surface area contributed by atoms with Crippen LogP contribution in [-0.2, 0) is 16.1 Å². The fraction of sp³-hybridized carbons (Fsp3) is 0.217. The van der Waals surface area contributed by atoms with E-state index in [4.69, 9.17) is 26.8 Å². The highest BCUT2D eigenvalue weighted by molar-refractivity contribution is 6.30. The van der Waals surface area contributed by atoms with Gasteiger partial charge in [0.25, 0.3) is 0 Å². The van der Waals surface area contributed by atoms with Gasteiger partial charge in [-0.05, 0) is 30.2 Å². The first-order valence-corrected chi connectivity index (χ1v) is 9.76. The van der Waals surface area contributed by atoms with Crippen LogP contribution in [0.3, 0.4) is 0 Å². The van der Waals surface area contributed by atoms with E-state index in [0.717, 1.165) is 11.1 Å². The van der Waals surface area contributed by atoms with Crippen molar-refractivity contribution in [3.05, 3.63) is 87.5 Å². The van der Waals surface area contributed by atoms with Gasteiger partial charge in [-0.3, -0.25) is 4.79 Å². The van der Waals surface area contributed by atoms with Crippen LogP contribution >= 0.6 is 11.6 Å². The quantitative estimate of drug-likeness (QED) is 0.792. The van der Waals surface area contributed by atoms with Crippen LogP contribution in [0.15, 0.2) is 71.3 Å². The van der Waals surface area contributed by atoms with Crippen molar-refractivity contribution in [2.45, 2.75) is 31.8 Å². The van der Waals surface area contributed by atoms with Gasteiger partial charge in [0.05, 0.1) is 5.92 Å². The number of rotatable bonds is 4. The molecule has 2 N–H and O–H groups in total. The highest BCUT2D eigenvalue weighted by Gasteiger charge is 2.39. The Morgan fingerprint density at radius 2 is 1.93 bits per heavy atom. The highest BCUT2D eigenvalue weighted by Crippen LogP contribution is 2.45. The molecule has 0 amide bonds. The summed E-state index contributed by atoms with van der Waals surface area (Å²) in [6.07, 6.45) is 1.78. The van der Waals surface area contributed by atoms with Crippen LogP contribution in [0, 0.1) is 11.3 Å². The second-order valence-electron chi connectivity index (χ2n) is 6.99. The van der Waals surface area contributed by atoms with Gasteiger partial charge in [0.2, 0.25) is 5.88 Å². The number of hydrogen-bond donors (Lipinski definition) is 1. The third-order valence-electron chi connectivity index (χ3n) is 5.14. The van der Waals surface area contributed by atoms with Gasteiger partial charge in [-0.15, -0.1) is 0 Å². The molecule has 1 heterocycles. The molecule has 0 spiro atoms. The van der Waals surface area contributed by atoms with E-state index in [1.807, 2.05) is 36.4 Å². The molecular formula is C23H19ClN2O3. The monoisotopic (exact) mass is 406 g/mol. The number of allylic oxidation sites excluding steroid dienone is 3. The van der Waals surface area contributed by atoms with Gasteiger partial charge in [-0.2, -0.15) is 5.26 Å². The van der Waals surface area contributed by atoms with Crippen molar-refractivity contribution in [1.29, 1.82) is 5.26 Å². The first-order valence-electron chi connectivity index (χ1n) is 9.38. The molecule has 1 atom stereocenters. The lowest BCUT2D eigenvalue weighted by Crippen LogP contribution is -2.27. The van der Waals surface area contributed by atoms with Crippen molar-refractivity contribution in [1.82, 2.24) is 0 Å². The maximum absolute atomic E-state index is 12.7. The summed E-state index contributed by atoms with van der Waals surface area (Å²) in [4.78, 5) is 12.7. The van der Waals surface area contributed by atoms with Crippen LogP contribution < -0.4 is 10.5 Å². The summed E-state index contributed by atoms with van der Waals surface area (Å²) in [5.41, 5.74) is 8.48. The molecule has 0 bridgehead atoms. The molecule has 5 nitrogen and oxygen atoms in total. The molecule has 146 valence electrons. The Hall–Kier alpha value is -3.23. The van der Waals surface area contributed by atoms with Crippen molar-refractivity contribution in [2.75, 3.05) is 0 Å². The second kappa shape index (κ2) is 8.02. The molecule has 1 aliphatic carbocycles. The molecule has 0 unspecified atom stereocenters. The van der Waals surface area contributed by atoms with Gasteiger partial charge < -0.3 is 15.2 Å². The Morgan fingerprint density at radius 1 is 1.17 bits per heavy atom. The summed E-state index contributed by atoms with van der Waals surface area (Å²) in [6, 6.07) is 16.9. The van der Waals surface area contributed by atoms with Crippen molar-refractivity contribution >= 4 is 17.4 Å². The number of Topliss-reactive ketones (excluding diaryl/α,β-unsaturated/α-hetero) is 1. The highest BCUT2D eigenvalue weighted by atomic mass is 35.5. The van der Waals surface area contributed by atoms with Gasteiger partial charge in [-0.1, -0.05) is 41.9 Å². The fourth-order valence-corrected chi connectivity index (χ4v) is 3.89. The average Bonchev–Trinajstić information content (AvgIpc) is 2.73. The fourth-order valence-electron chi connectivity index (χ4n) is 3.76. The molecular weight excluding hydrogens is 388 g/mol. The zero-order valence-electron chi connectivity index (χ0n) is 15.7. The Labute approximate surface area is 174 Å². The molecule has 0 radical (unpaired) electrons. The number of carbonyl (C=O) groups excluding carboxylic acids is 1.